The van der Waals surface area contributed by atoms with Crippen molar-refractivity contribution in [3.63, 3.8) is 0 Å². The molecule has 0 unspecified atom stereocenters. The summed E-state index contributed by atoms with van der Waals surface area (Å²) in [4.78, 5) is 10.7. The van der Waals surface area contributed by atoms with Gasteiger partial charge in [0.2, 0.25) is 0 Å². The molecule has 156 valence electrons. The van der Waals surface area contributed by atoms with Gasteiger partial charge in [-0.05, 0) is 50.2 Å². The topological polar surface area (TPSA) is 108 Å². The number of hydrogen-bond acceptors (Lipinski definition) is 7. The lowest BCUT2D eigenvalue weighted by Crippen LogP contribution is -2.41. The molecule has 0 bridgehead atoms. The highest BCUT2D eigenvalue weighted by molar-refractivity contribution is 8.14. The van der Waals surface area contributed by atoms with Gasteiger partial charge in [-0.15, -0.1) is 0 Å². The molecule has 8 heteroatoms. The molecule has 2 saturated carbocycles. The van der Waals surface area contributed by atoms with Crippen LogP contribution in [0.4, 0.5) is 0 Å². The molecule has 0 N–H and O–H groups in total. The molecule has 1 aromatic carbocycles. The van der Waals surface area contributed by atoms with Gasteiger partial charge < -0.3 is 0 Å². The Hall–Kier alpha value is -1.87. The van der Waals surface area contributed by atoms with Gasteiger partial charge in [0.1, 0.15) is 0 Å². The maximum Gasteiger partial charge on any atom is 0.297 e. The summed E-state index contributed by atoms with van der Waals surface area (Å²) in [7, 11) is -3.69. The Labute approximate surface area is 177 Å². The highest BCUT2D eigenvalue weighted by atomic mass is 32.2. The van der Waals surface area contributed by atoms with Crippen molar-refractivity contribution >= 4 is 27.0 Å². The van der Waals surface area contributed by atoms with Crippen LogP contribution in [0.2, 0.25) is 0 Å². The third-order valence-electron chi connectivity index (χ3n) is 5.13. The summed E-state index contributed by atoms with van der Waals surface area (Å²) in [5, 5.41) is 17.7. The summed E-state index contributed by atoms with van der Waals surface area (Å²) in [6.07, 6.45) is 3.18. The lowest BCUT2D eigenvalue weighted by atomic mass is 9.67. The molecular formula is C21H26N2O4S2. The van der Waals surface area contributed by atoms with Crippen LogP contribution in [0, 0.1) is 40.9 Å². The van der Waals surface area contributed by atoms with Crippen molar-refractivity contribution in [1.82, 2.24) is 0 Å². The van der Waals surface area contributed by atoms with Crippen molar-refractivity contribution in [2.75, 3.05) is 0 Å². The van der Waals surface area contributed by atoms with Crippen LogP contribution < -0.4 is 0 Å². The van der Waals surface area contributed by atoms with Crippen LogP contribution in [0.15, 0.2) is 29.2 Å². The van der Waals surface area contributed by atoms with E-state index in [-0.39, 0.29) is 27.4 Å². The molecule has 0 spiro atoms. The Morgan fingerprint density at radius 3 is 2.31 bits per heavy atom. The van der Waals surface area contributed by atoms with E-state index in [4.69, 9.17) is 14.7 Å². The minimum absolute atomic E-state index is 0.0950. The predicted molar refractivity (Wildman–Crippen MR) is 111 cm³/mol. The summed E-state index contributed by atoms with van der Waals surface area (Å²) < 4.78 is 29.3. The summed E-state index contributed by atoms with van der Waals surface area (Å²) in [6.45, 7) is 5.45. The standard InChI is InChI=1S/C14H17NO3S.C7H9NOS/c1-11-3-5-13(6-4-11)19(16,17)18-12-9-14(2,10-12)7-8-15;1-5(9)10-7-2-6(3-7)4-8/h3-6,12H,7,9-10H2,1-2H3;6-7H,2-3H2,1H3. The average Bonchev–Trinajstić information content (AvgIpc) is 2.57. The molecule has 0 aromatic heterocycles. The van der Waals surface area contributed by atoms with Gasteiger partial charge in [0, 0.05) is 24.5 Å². The normalized spacial score (nSPS) is 27.8. The van der Waals surface area contributed by atoms with E-state index in [1.165, 1.54) is 11.8 Å². The number of hydrogen-bond donors (Lipinski definition) is 0. The Kier molecular flexibility index (Phi) is 7.87. The number of nitriles is 2. The number of nitrogens with zero attached hydrogens (tertiary/aromatic N) is 2. The summed E-state index contributed by atoms with van der Waals surface area (Å²) in [5.41, 5.74) is 0.909. The second kappa shape index (κ2) is 9.75. The van der Waals surface area contributed by atoms with Crippen molar-refractivity contribution < 1.29 is 17.4 Å². The maximum atomic E-state index is 12.0. The fourth-order valence-corrected chi connectivity index (χ4v) is 5.59. The summed E-state index contributed by atoms with van der Waals surface area (Å²) in [6, 6.07) is 10.9. The van der Waals surface area contributed by atoms with E-state index in [0.29, 0.717) is 24.5 Å². The van der Waals surface area contributed by atoms with E-state index >= 15 is 0 Å². The van der Waals surface area contributed by atoms with Gasteiger partial charge in [-0.1, -0.05) is 36.4 Å². The first-order valence-electron chi connectivity index (χ1n) is 9.50. The SMILES string of the molecule is CC(=O)SC1CC(C#N)C1.Cc1ccc(S(=O)(=O)OC2CC(C)(CC#N)C2)cc1. The smallest absolute Gasteiger partial charge is 0.288 e. The zero-order chi connectivity index (χ0) is 21.7. The van der Waals surface area contributed by atoms with Crippen LogP contribution in [-0.4, -0.2) is 24.9 Å². The lowest BCUT2D eigenvalue weighted by molar-refractivity contribution is -0.109. The third-order valence-corrected chi connectivity index (χ3v) is 7.55. The van der Waals surface area contributed by atoms with E-state index in [0.717, 1.165) is 18.4 Å². The van der Waals surface area contributed by atoms with Crippen LogP contribution in [0.25, 0.3) is 0 Å². The molecule has 2 fully saturated rings. The van der Waals surface area contributed by atoms with Gasteiger partial charge in [-0.25, -0.2) is 0 Å². The van der Waals surface area contributed by atoms with E-state index < -0.39 is 10.1 Å². The van der Waals surface area contributed by atoms with Gasteiger partial charge in [-0.3, -0.25) is 8.98 Å². The molecule has 3 rings (SSSR count). The molecule has 0 amide bonds. The zero-order valence-electron chi connectivity index (χ0n) is 16.9. The lowest BCUT2D eigenvalue weighted by Gasteiger charge is -2.42. The van der Waals surface area contributed by atoms with Crippen molar-refractivity contribution in [1.29, 1.82) is 10.5 Å². The molecule has 0 radical (unpaired) electrons. The van der Waals surface area contributed by atoms with Crippen molar-refractivity contribution in [2.24, 2.45) is 11.3 Å². The Balaban J connectivity index is 0.000000253. The molecule has 1 aromatic rings. The first kappa shape index (κ1) is 23.4. The van der Waals surface area contributed by atoms with Crippen molar-refractivity contribution in [3.05, 3.63) is 29.8 Å². The number of thioether (sulfide) groups is 1. The fourth-order valence-electron chi connectivity index (χ4n) is 3.38. The van der Waals surface area contributed by atoms with Gasteiger partial charge >= 0.3 is 0 Å². The molecule has 0 atom stereocenters. The van der Waals surface area contributed by atoms with Gasteiger partial charge in [0.25, 0.3) is 10.1 Å². The van der Waals surface area contributed by atoms with Crippen LogP contribution in [-0.2, 0) is 19.1 Å². The zero-order valence-corrected chi connectivity index (χ0v) is 18.6. The molecule has 0 aliphatic heterocycles. The molecule has 6 nitrogen and oxygen atoms in total. The van der Waals surface area contributed by atoms with Crippen molar-refractivity contribution in [2.45, 2.75) is 69.1 Å². The molecular weight excluding hydrogens is 408 g/mol. The Bertz CT molecular complexity index is 901. The first-order chi connectivity index (χ1) is 13.6. The van der Waals surface area contributed by atoms with Crippen molar-refractivity contribution in [3.8, 4) is 12.1 Å². The number of rotatable bonds is 5. The van der Waals surface area contributed by atoms with Gasteiger partial charge in [-0.2, -0.15) is 18.9 Å². The summed E-state index contributed by atoms with van der Waals surface area (Å²) >= 11 is 1.37. The Morgan fingerprint density at radius 1 is 1.24 bits per heavy atom. The maximum absolute atomic E-state index is 12.0. The second-order valence-electron chi connectivity index (χ2n) is 8.07. The second-order valence-corrected chi connectivity index (χ2v) is 11.1. The number of benzene rings is 1. The third kappa shape index (κ3) is 6.85. The number of carbonyl (C=O) groups is 1. The van der Waals surface area contributed by atoms with Crippen LogP contribution in [0.1, 0.15) is 51.5 Å². The fraction of sp³-hybridized carbons (Fsp3) is 0.571. The minimum atomic E-state index is -3.69. The van der Waals surface area contributed by atoms with Crippen LogP contribution in [0.5, 0.6) is 0 Å². The van der Waals surface area contributed by atoms with Gasteiger partial charge in [0.15, 0.2) is 5.12 Å². The monoisotopic (exact) mass is 434 g/mol. The summed E-state index contributed by atoms with van der Waals surface area (Å²) in [5.74, 6) is 0.219. The van der Waals surface area contributed by atoms with Crippen LogP contribution >= 0.6 is 11.8 Å². The van der Waals surface area contributed by atoms with E-state index in [9.17, 15) is 13.2 Å². The molecule has 0 saturated heterocycles. The molecule has 0 heterocycles. The van der Waals surface area contributed by atoms with Gasteiger partial charge in [0.05, 0.1) is 23.1 Å². The van der Waals surface area contributed by atoms with E-state index in [2.05, 4.69) is 12.1 Å². The minimum Gasteiger partial charge on any atom is -0.288 e. The highest BCUT2D eigenvalue weighted by Crippen LogP contribution is 2.45. The van der Waals surface area contributed by atoms with E-state index in [1.807, 2.05) is 13.8 Å². The highest BCUT2D eigenvalue weighted by Gasteiger charge is 2.43. The van der Waals surface area contributed by atoms with Crippen LogP contribution in [0.3, 0.4) is 0 Å². The largest absolute Gasteiger partial charge is 0.297 e. The quantitative estimate of drug-likeness (QED) is 0.634. The predicted octanol–water partition coefficient (Wildman–Crippen LogP) is 4.35. The number of aryl methyl sites for hydroxylation is 1. The number of carbonyl (C=O) groups excluding carboxylic acids is 1. The molecule has 2 aliphatic rings. The first-order valence-corrected chi connectivity index (χ1v) is 11.8. The van der Waals surface area contributed by atoms with E-state index in [1.54, 1.807) is 31.2 Å². The average molecular weight is 435 g/mol. The Morgan fingerprint density at radius 2 is 1.83 bits per heavy atom. The molecule has 29 heavy (non-hydrogen) atoms. The molecule has 2 aliphatic carbocycles.